The topological polar surface area (TPSA) is 61.9 Å². The van der Waals surface area contributed by atoms with Gasteiger partial charge in [-0.25, -0.2) is 4.39 Å². The largest absolute Gasteiger partial charge is 0.484 e. The van der Waals surface area contributed by atoms with E-state index in [1.807, 2.05) is 18.2 Å². The molecule has 4 rings (SSSR count). The van der Waals surface area contributed by atoms with E-state index in [1.165, 1.54) is 29.8 Å². The molecule has 2 aliphatic rings. The molecule has 1 N–H and O–H groups in total. The molecule has 2 fully saturated rings. The summed E-state index contributed by atoms with van der Waals surface area (Å²) in [5.74, 6) is -0.131. The van der Waals surface area contributed by atoms with E-state index < -0.39 is 0 Å². The molecular weight excluding hydrogens is 385 g/mol. The highest BCUT2D eigenvalue weighted by Crippen LogP contribution is 2.44. The average molecular weight is 411 g/mol. The maximum atomic E-state index is 13.0. The second-order valence-corrected chi connectivity index (χ2v) is 8.18. The standard InChI is InChI=1S/C23H26FN3O3/c1-25-22(29)20-12-26(11-17-5-3-2-4-6-17)14-23(20)15-27(16-23)21(28)13-30-19-9-7-18(24)8-10-19/h2-10,20H,11-16H2,1H3,(H,25,29). The van der Waals surface area contributed by atoms with Gasteiger partial charge in [-0.05, 0) is 29.8 Å². The molecule has 2 amide bonds. The SMILES string of the molecule is CNC(=O)C1CN(Cc2ccccc2)CC12CN(C(=O)COc1ccc(F)cc1)C2. The monoisotopic (exact) mass is 411 g/mol. The number of nitrogens with one attached hydrogen (secondary N) is 1. The van der Waals surface area contributed by atoms with Gasteiger partial charge in [-0.15, -0.1) is 0 Å². The molecule has 2 aromatic rings. The summed E-state index contributed by atoms with van der Waals surface area (Å²) in [7, 11) is 1.66. The zero-order chi connectivity index (χ0) is 21.1. The molecule has 1 atom stereocenters. The number of likely N-dealkylation sites (tertiary alicyclic amines) is 2. The molecule has 0 saturated carbocycles. The van der Waals surface area contributed by atoms with Crippen molar-refractivity contribution in [2.75, 3.05) is 39.8 Å². The molecule has 30 heavy (non-hydrogen) atoms. The fourth-order valence-corrected chi connectivity index (χ4v) is 4.55. The van der Waals surface area contributed by atoms with Gasteiger partial charge in [-0.1, -0.05) is 30.3 Å². The van der Waals surface area contributed by atoms with E-state index in [2.05, 4.69) is 22.3 Å². The quantitative estimate of drug-likeness (QED) is 0.789. The van der Waals surface area contributed by atoms with Crippen molar-refractivity contribution in [3.8, 4) is 5.75 Å². The number of rotatable bonds is 6. The Balaban J connectivity index is 1.36. The van der Waals surface area contributed by atoms with Gasteiger partial charge >= 0.3 is 0 Å². The Bertz CT molecular complexity index is 898. The first-order chi connectivity index (χ1) is 14.5. The third-order valence-electron chi connectivity index (χ3n) is 6.07. The zero-order valence-corrected chi connectivity index (χ0v) is 17.0. The van der Waals surface area contributed by atoms with E-state index in [0.29, 0.717) is 25.4 Å². The van der Waals surface area contributed by atoms with Crippen LogP contribution in [0, 0.1) is 17.2 Å². The molecule has 2 aliphatic heterocycles. The van der Waals surface area contributed by atoms with Crippen molar-refractivity contribution in [1.29, 1.82) is 0 Å². The fourth-order valence-electron chi connectivity index (χ4n) is 4.55. The van der Waals surface area contributed by atoms with Crippen molar-refractivity contribution in [2.45, 2.75) is 6.54 Å². The van der Waals surface area contributed by atoms with Crippen LogP contribution in [0.15, 0.2) is 54.6 Å². The normalized spacial score (nSPS) is 20.1. The lowest BCUT2D eigenvalue weighted by Crippen LogP contribution is -2.64. The first-order valence-corrected chi connectivity index (χ1v) is 10.1. The minimum atomic E-state index is -0.347. The first kappa shape index (κ1) is 20.3. The summed E-state index contributed by atoms with van der Waals surface area (Å²) >= 11 is 0. The number of halogens is 1. The smallest absolute Gasteiger partial charge is 0.260 e. The summed E-state index contributed by atoms with van der Waals surface area (Å²) in [6.07, 6.45) is 0. The highest BCUT2D eigenvalue weighted by molar-refractivity contribution is 5.82. The van der Waals surface area contributed by atoms with E-state index >= 15 is 0 Å². The number of carbonyl (C=O) groups is 2. The van der Waals surface area contributed by atoms with Crippen molar-refractivity contribution in [3.63, 3.8) is 0 Å². The summed E-state index contributed by atoms with van der Waals surface area (Å²) in [6, 6.07) is 15.8. The van der Waals surface area contributed by atoms with E-state index in [1.54, 1.807) is 11.9 Å². The van der Waals surface area contributed by atoms with Gasteiger partial charge in [0.25, 0.3) is 5.91 Å². The third kappa shape index (κ3) is 4.16. The zero-order valence-electron chi connectivity index (χ0n) is 17.0. The average Bonchev–Trinajstić information content (AvgIpc) is 3.11. The minimum absolute atomic E-state index is 0.0280. The lowest BCUT2D eigenvalue weighted by Gasteiger charge is -2.50. The van der Waals surface area contributed by atoms with Crippen LogP contribution in [0.25, 0.3) is 0 Å². The van der Waals surface area contributed by atoms with Gasteiger partial charge in [0.05, 0.1) is 5.92 Å². The Morgan fingerprint density at radius 2 is 1.80 bits per heavy atom. The number of benzene rings is 2. The Morgan fingerprint density at radius 1 is 1.10 bits per heavy atom. The number of hydrogen-bond acceptors (Lipinski definition) is 4. The van der Waals surface area contributed by atoms with Crippen LogP contribution >= 0.6 is 0 Å². The molecule has 0 aromatic heterocycles. The Labute approximate surface area is 175 Å². The van der Waals surface area contributed by atoms with Crippen molar-refractivity contribution in [1.82, 2.24) is 15.1 Å². The van der Waals surface area contributed by atoms with Crippen LogP contribution in [0.3, 0.4) is 0 Å². The van der Waals surface area contributed by atoms with Crippen molar-refractivity contribution < 1.29 is 18.7 Å². The molecule has 0 bridgehead atoms. The maximum absolute atomic E-state index is 13.0. The summed E-state index contributed by atoms with van der Waals surface area (Å²) in [5.41, 5.74) is 0.991. The summed E-state index contributed by atoms with van der Waals surface area (Å²) in [6.45, 7) is 3.24. The van der Waals surface area contributed by atoms with Crippen molar-refractivity contribution >= 4 is 11.8 Å². The number of carbonyl (C=O) groups excluding carboxylic acids is 2. The molecule has 1 unspecified atom stereocenters. The molecular formula is C23H26FN3O3. The highest BCUT2D eigenvalue weighted by Gasteiger charge is 2.57. The summed E-state index contributed by atoms with van der Waals surface area (Å²) < 4.78 is 18.5. The molecule has 158 valence electrons. The molecule has 0 radical (unpaired) electrons. The van der Waals surface area contributed by atoms with Gasteiger partial charge in [0.15, 0.2) is 6.61 Å². The van der Waals surface area contributed by atoms with Crippen LogP contribution in [-0.2, 0) is 16.1 Å². The molecule has 2 aromatic carbocycles. The van der Waals surface area contributed by atoms with Crippen molar-refractivity contribution in [3.05, 3.63) is 66.0 Å². The molecule has 6 nitrogen and oxygen atoms in total. The van der Waals surface area contributed by atoms with Crippen LogP contribution in [0.5, 0.6) is 5.75 Å². The van der Waals surface area contributed by atoms with Gasteiger partial charge in [-0.3, -0.25) is 14.5 Å². The van der Waals surface area contributed by atoms with Crippen LogP contribution in [0.4, 0.5) is 4.39 Å². The predicted octanol–water partition coefficient (Wildman–Crippen LogP) is 1.91. The van der Waals surface area contributed by atoms with Crippen LogP contribution in [0.1, 0.15) is 5.56 Å². The number of nitrogens with zero attached hydrogens (tertiary/aromatic N) is 2. The lowest BCUT2D eigenvalue weighted by atomic mass is 9.71. The number of ether oxygens (including phenoxy) is 1. The van der Waals surface area contributed by atoms with Gasteiger partial charge in [0.2, 0.25) is 5.91 Å². The fraction of sp³-hybridized carbons (Fsp3) is 0.391. The molecule has 2 saturated heterocycles. The molecule has 0 aliphatic carbocycles. The van der Waals surface area contributed by atoms with Gasteiger partial charge in [0.1, 0.15) is 11.6 Å². The second-order valence-electron chi connectivity index (χ2n) is 8.18. The first-order valence-electron chi connectivity index (χ1n) is 10.1. The number of amides is 2. The molecule has 1 spiro atoms. The second kappa shape index (κ2) is 8.44. The third-order valence-corrected chi connectivity index (χ3v) is 6.07. The Morgan fingerprint density at radius 3 is 2.47 bits per heavy atom. The van der Waals surface area contributed by atoms with Crippen molar-refractivity contribution in [2.24, 2.45) is 11.3 Å². The van der Waals surface area contributed by atoms with E-state index in [-0.39, 0.29) is 35.6 Å². The van der Waals surface area contributed by atoms with Gasteiger partial charge in [0, 0.05) is 45.2 Å². The van der Waals surface area contributed by atoms with E-state index in [9.17, 15) is 14.0 Å². The predicted molar refractivity (Wildman–Crippen MR) is 110 cm³/mol. The lowest BCUT2D eigenvalue weighted by molar-refractivity contribution is -0.151. The van der Waals surface area contributed by atoms with Gasteiger partial charge < -0.3 is 15.0 Å². The van der Waals surface area contributed by atoms with E-state index in [0.717, 1.165) is 13.1 Å². The number of hydrogen-bond donors (Lipinski definition) is 1. The van der Waals surface area contributed by atoms with Crippen LogP contribution < -0.4 is 10.1 Å². The maximum Gasteiger partial charge on any atom is 0.260 e. The Hall–Kier alpha value is -2.93. The van der Waals surface area contributed by atoms with E-state index in [4.69, 9.17) is 4.74 Å². The summed E-state index contributed by atoms with van der Waals surface area (Å²) in [4.78, 5) is 29.1. The summed E-state index contributed by atoms with van der Waals surface area (Å²) in [5, 5.41) is 2.79. The highest BCUT2D eigenvalue weighted by atomic mass is 19.1. The molecule has 7 heteroatoms. The molecule has 2 heterocycles. The van der Waals surface area contributed by atoms with Crippen LogP contribution in [-0.4, -0.2) is 61.4 Å². The Kier molecular flexibility index (Phi) is 5.72. The van der Waals surface area contributed by atoms with Crippen LogP contribution in [0.2, 0.25) is 0 Å². The van der Waals surface area contributed by atoms with Gasteiger partial charge in [-0.2, -0.15) is 0 Å². The minimum Gasteiger partial charge on any atom is -0.484 e.